The average molecular weight is 681 g/mol. The van der Waals surface area contributed by atoms with Gasteiger partial charge in [-0.05, 0) is 86.0 Å². The van der Waals surface area contributed by atoms with Crippen molar-refractivity contribution in [3.63, 3.8) is 0 Å². The van der Waals surface area contributed by atoms with Crippen LogP contribution in [0.15, 0.2) is 108 Å². The van der Waals surface area contributed by atoms with Gasteiger partial charge in [0, 0.05) is 12.6 Å². The first-order valence-corrected chi connectivity index (χ1v) is 17.3. The summed E-state index contributed by atoms with van der Waals surface area (Å²) in [5.41, 5.74) is 0.901. The Morgan fingerprint density at radius 1 is 0.848 bits per heavy atom. The number of hydrogen-bond acceptors (Lipinski definition) is 5. The van der Waals surface area contributed by atoms with Gasteiger partial charge in [0.1, 0.15) is 24.1 Å². The van der Waals surface area contributed by atoms with Crippen molar-refractivity contribution in [1.29, 1.82) is 0 Å². The van der Waals surface area contributed by atoms with Crippen LogP contribution in [-0.4, -0.2) is 43.8 Å². The molecule has 11 heteroatoms. The predicted molar refractivity (Wildman–Crippen MR) is 181 cm³/mol. The second-order valence-electron chi connectivity index (χ2n) is 11.2. The normalized spacial score (nSPS) is 14.0. The Bertz CT molecular complexity index is 1750. The molecule has 46 heavy (non-hydrogen) atoms. The monoisotopic (exact) mass is 679 g/mol. The smallest absolute Gasteiger partial charge is 0.264 e. The van der Waals surface area contributed by atoms with Crippen molar-refractivity contribution in [1.82, 2.24) is 10.2 Å². The predicted octanol–water partition coefficient (Wildman–Crippen LogP) is 7.46. The van der Waals surface area contributed by atoms with Crippen molar-refractivity contribution in [2.45, 2.75) is 56.1 Å². The summed E-state index contributed by atoms with van der Waals surface area (Å²) in [7, 11) is -4.20. The lowest BCUT2D eigenvalue weighted by molar-refractivity contribution is -0.139. The highest BCUT2D eigenvalue weighted by Gasteiger charge is 2.33. The van der Waals surface area contributed by atoms with Gasteiger partial charge in [-0.15, -0.1) is 0 Å². The van der Waals surface area contributed by atoms with Crippen molar-refractivity contribution in [2.75, 3.05) is 10.8 Å². The Morgan fingerprint density at radius 2 is 1.46 bits per heavy atom. The number of sulfonamides is 1. The number of anilines is 1. The van der Waals surface area contributed by atoms with Gasteiger partial charge in [-0.1, -0.05) is 78.5 Å². The molecule has 1 saturated carbocycles. The minimum absolute atomic E-state index is 0.0120. The Kier molecular flexibility index (Phi) is 10.9. The first-order chi connectivity index (χ1) is 22.1. The molecule has 2 amide bonds. The summed E-state index contributed by atoms with van der Waals surface area (Å²) in [4.78, 5) is 29.0. The van der Waals surface area contributed by atoms with E-state index in [0.29, 0.717) is 27.1 Å². The fourth-order valence-corrected chi connectivity index (χ4v) is 7.12. The van der Waals surface area contributed by atoms with Crippen molar-refractivity contribution < 1.29 is 22.7 Å². The van der Waals surface area contributed by atoms with Crippen LogP contribution in [0.5, 0.6) is 11.5 Å². The van der Waals surface area contributed by atoms with Crippen molar-refractivity contribution >= 4 is 50.7 Å². The van der Waals surface area contributed by atoms with Crippen LogP contribution in [0.3, 0.4) is 0 Å². The van der Waals surface area contributed by atoms with E-state index in [1.54, 1.807) is 67.6 Å². The molecule has 0 aliphatic heterocycles. The fraction of sp³-hybridized carbons (Fsp3) is 0.257. The van der Waals surface area contributed by atoms with E-state index in [4.69, 9.17) is 27.9 Å². The summed E-state index contributed by atoms with van der Waals surface area (Å²) in [5, 5.41) is 3.72. The largest absolute Gasteiger partial charge is 0.457 e. The minimum atomic E-state index is -4.20. The van der Waals surface area contributed by atoms with Crippen LogP contribution in [-0.2, 0) is 26.2 Å². The summed E-state index contributed by atoms with van der Waals surface area (Å²) in [5.74, 6) is 0.253. The number of carbonyl (C=O) groups is 2. The molecule has 5 rings (SSSR count). The zero-order chi connectivity index (χ0) is 32.7. The maximum absolute atomic E-state index is 14.2. The molecule has 0 heterocycles. The lowest BCUT2D eigenvalue weighted by Crippen LogP contribution is -2.52. The van der Waals surface area contributed by atoms with E-state index in [2.05, 4.69) is 5.32 Å². The van der Waals surface area contributed by atoms with Crippen LogP contribution < -0.4 is 14.4 Å². The van der Waals surface area contributed by atoms with E-state index in [1.165, 1.54) is 17.0 Å². The molecule has 0 spiro atoms. The third kappa shape index (κ3) is 8.20. The Labute approximate surface area is 279 Å². The van der Waals surface area contributed by atoms with Gasteiger partial charge in [-0.2, -0.15) is 0 Å². The molecule has 4 aromatic rings. The Hall–Kier alpha value is -4.05. The number of nitrogens with one attached hydrogen (secondary N) is 1. The number of para-hydroxylation sites is 1. The highest BCUT2D eigenvalue weighted by Crippen LogP contribution is 2.29. The quantitative estimate of drug-likeness (QED) is 0.168. The molecule has 0 radical (unpaired) electrons. The lowest BCUT2D eigenvalue weighted by atomic mass is 10.1. The third-order valence-electron chi connectivity index (χ3n) is 7.92. The van der Waals surface area contributed by atoms with Gasteiger partial charge >= 0.3 is 0 Å². The summed E-state index contributed by atoms with van der Waals surface area (Å²) < 4.78 is 35.1. The van der Waals surface area contributed by atoms with Crippen molar-refractivity contribution in [2.24, 2.45) is 0 Å². The molecule has 1 atom stereocenters. The molecular weight excluding hydrogens is 645 g/mol. The molecule has 4 aromatic carbocycles. The van der Waals surface area contributed by atoms with E-state index in [9.17, 15) is 18.0 Å². The molecular formula is C35H35Cl2N3O5S. The van der Waals surface area contributed by atoms with Crippen molar-refractivity contribution in [3.8, 4) is 11.5 Å². The number of amides is 2. The van der Waals surface area contributed by atoms with Crippen LogP contribution in [0.4, 0.5) is 5.69 Å². The van der Waals surface area contributed by atoms with Gasteiger partial charge in [-0.25, -0.2) is 8.42 Å². The van der Waals surface area contributed by atoms with Crippen LogP contribution in [0.25, 0.3) is 0 Å². The molecule has 1 N–H and O–H groups in total. The number of nitrogens with zero attached hydrogens (tertiary/aromatic N) is 2. The van der Waals surface area contributed by atoms with Gasteiger partial charge in [0.15, 0.2) is 0 Å². The summed E-state index contributed by atoms with van der Waals surface area (Å²) >= 11 is 12.4. The maximum Gasteiger partial charge on any atom is 0.264 e. The fourth-order valence-electron chi connectivity index (χ4n) is 5.36. The summed E-state index contributed by atoms with van der Waals surface area (Å²) in [6.45, 7) is 1.10. The molecule has 0 aromatic heterocycles. The van der Waals surface area contributed by atoms with E-state index < -0.39 is 28.5 Å². The first-order valence-electron chi connectivity index (χ1n) is 15.1. The van der Waals surface area contributed by atoms with Crippen LogP contribution in [0, 0.1) is 0 Å². The topological polar surface area (TPSA) is 96.0 Å². The van der Waals surface area contributed by atoms with E-state index >= 15 is 0 Å². The molecule has 1 aliphatic carbocycles. The minimum Gasteiger partial charge on any atom is -0.457 e. The van der Waals surface area contributed by atoms with Gasteiger partial charge in [-0.3, -0.25) is 13.9 Å². The third-order valence-corrected chi connectivity index (χ3v) is 10.4. The zero-order valence-electron chi connectivity index (χ0n) is 25.3. The van der Waals surface area contributed by atoms with Gasteiger partial charge < -0.3 is 15.0 Å². The maximum atomic E-state index is 14.2. The van der Waals surface area contributed by atoms with Crippen LogP contribution in [0.1, 0.15) is 38.2 Å². The summed E-state index contributed by atoms with van der Waals surface area (Å²) in [6.07, 6.45) is 3.83. The molecule has 8 nitrogen and oxygen atoms in total. The number of benzene rings is 4. The molecule has 1 fully saturated rings. The molecule has 240 valence electrons. The number of rotatable bonds is 12. The molecule has 1 aliphatic rings. The SMILES string of the molecule is C[C@H](C(=O)NC1CCCC1)N(Cc1ccc(Cl)c(Cl)c1)C(=O)CN(c1ccc(Oc2ccccc2)cc1)S(=O)(=O)c1ccccc1. The van der Waals surface area contributed by atoms with Gasteiger partial charge in [0.05, 0.1) is 20.6 Å². The molecule has 0 bridgehead atoms. The number of carbonyl (C=O) groups excluding carboxylic acids is 2. The first kappa shape index (κ1) is 33.3. The highest BCUT2D eigenvalue weighted by molar-refractivity contribution is 7.92. The lowest BCUT2D eigenvalue weighted by Gasteiger charge is -2.32. The van der Waals surface area contributed by atoms with Gasteiger partial charge in [0.2, 0.25) is 11.8 Å². The van der Waals surface area contributed by atoms with Crippen molar-refractivity contribution in [3.05, 3.63) is 119 Å². The average Bonchev–Trinajstić information content (AvgIpc) is 3.58. The van der Waals surface area contributed by atoms with Crippen LogP contribution in [0.2, 0.25) is 10.0 Å². The van der Waals surface area contributed by atoms with E-state index in [1.807, 2.05) is 30.3 Å². The second kappa shape index (κ2) is 15.0. The molecule has 0 saturated heterocycles. The van der Waals surface area contributed by atoms with Crippen LogP contribution >= 0.6 is 23.2 Å². The van der Waals surface area contributed by atoms with E-state index in [-0.39, 0.29) is 29.1 Å². The molecule has 0 unspecified atom stereocenters. The number of halogens is 2. The second-order valence-corrected chi connectivity index (χ2v) is 13.8. The Morgan fingerprint density at radius 3 is 2.09 bits per heavy atom. The van der Waals surface area contributed by atoms with E-state index in [0.717, 1.165) is 30.0 Å². The Balaban J connectivity index is 1.47. The highest BCUT2D eigenvalue weighted by atomic mass is 35.5. The number of hydrogen-bond donors (Lipinski definition) is 1. The van der Waals surface area contributed by atoms with Gasteiger partial charge in [0.25, 0.3) is 10.0 Å². The summed E-state index contributed by atoms with van der Waals surface area (Å²) in [6, 6.07) is 27.7. The number of ether oxygens (including phenoxy) is 1. The standard InChI is InChI=1S/C35H35Cl2N3O5S/c1-25(35(42)38-27-10-8-9-11-27)39(23-26-16-21-32(36)33(37)22-26)34(41)24-40(46(43,44)31-14-6-3-7-15-31)28-17-19-30(20-18-28)45-29-12-4-2-5-13-29/h2-7,12-22,25,27H,8-11,23-24H2,1H3,(H,38,42)/t25-/m1/s1. The zero-order valence-corrected chi connectivity index (χ0v) is 27.6.